The molecule has 2 aromatic carbocycles. The number of benzene rings is 2. The molecule has 29 heavy (non-hydrogen) atoms. The van der Waals surface area contributed by atoms with Crippen LogP contribution in [0.15, 0.2) is 42.5 Å². The van der Waals surface area contributed by atoms with Crippen LogP contribution < -0.4 is 24.3 Å². The van der Waals surface area contributed by atoms with E-state index >= 15 is 0 Å². The van der Waals surface area contributed by atoms with Crippen molar-refractivity contribution in [3.63, 3.8) is 0 Å². The maximum Gasteiger partial charge on any atom is 0.387 e. The highest BCUT2D eigenvalue weighted by molar-refractivity contribution is 6.02. The Hall–Kier alpha value is -3.29. The van der Waals surface area contributed by atoms with E-state index in [9.17, 15) is 13.6 Å². The lowest BCUT2D eigenvalue weighted by molar-refractivity contribution is -0.111. The highest BCUT2D eigenvalue weighted by atomic mass is 19.3. The van der Waals surface area contributed by atoms with Gasteiger partial charge in [-0.15, -0.1) is 0 Å². The van der Waals surface area contributed by atoms with Gasteiger partial charge >= 0.3 is 6.61 Å². The summed E-state index contributed by atoms with van der Waals surface area (Å²) in [5, 5.41) is 2.73. The fourth-order valence-corrected chi connectivity index (χ4v) is 2.47. The SMILES string of the molecule is CCOc1ccc(NC(=O)/C=C/c2ccc(OC(F)F)c(OC)c2)cc1OCC. The lowest BCUT2D eigenvalue weighted by Gasteiger charge is -2.12. The van der Waals surface area contributed by atoms with Crippen molar-refractivity contribution in [2.24, 2.45) is 0 Å². The topological polar surface area (TPSA) is 66.0 Å². The van der Waals surface area contributed by atoms with Crippen molar-refractivity contribution in [3.8, 4) is 23.0 Å². The van der Waals surface area contributed by atoms with Gasteiger partial charge in [0, 0.05) is 17.8 Å². The molecule has 0 aliphatic carbocycles. The third-order valence-corrected chi connectivity index (χ3v) is 3.64. The van der Waals surface area contributed by atoms with Crippen molar-refractivity contribution in [2.45, 2.75) is 20.5 Å². The number of carbonyl (C=O) groups excluding carboxylic acids is 1. The predicted molar refractivity (Wildman–Crippen MR) is 106 cm³/mol. The van der Waals surface area contributed by atoms with Gasteiger partial charge in [0.15, 0.2) is 23.0 Å². The number of rotatable bonds is 10. The maximum absolute atomic E-state index is 12.4. The van der Waals surface area contributed by atoms with Gasteiger partial charge in [0.2, 0.25) is 5.91 Å². The maximum atomic E-state index is 12.4. The van der Waals surface area contributed by atoms with Gasteiger partial charge in [0.25, 0.3) is 0 Å². The molecule has 2 aromatic rings. The highest BCUT2D eigenvalue weighted by Gasteiger charge is 2.11. The van der Waals surface area contributed by atoms with Crippen LogP contribution in [0.25, 0.3) is 6.08 Å². The van der Waals surface area contributed by atoms with Gasteiger partial charge in [0.05, 0.1) is 20.3 Å². The molecule has 0 aliphatic heterocycles. The molecule has 0 saturated heterocycles. The van der Waals surface area contributed by atoms with Crippen LogP contribution in [0.1, 0.15) is 19.4 Å². The lowest BCUT2D eigenvalue weighted by Crippen LogP contribution is -2.08. The molecule has 0 radical (unpaired) electrons. The molecule has 0 fully saturated rings. The Kier molecular flexibility index (Phi) is 8.27. The summed E-state index contributed by atoms with van der Waals surface area (Å²) in [6.45, 7) is 1.74. The zero-order valence-corrected chi connectivity index (χ0v) is 16.4. The summed E-state index contributed by atoms with van der Waals surface area (Å²) >= 11 is 0. The van der Waals surface area contributed by atoms with Gasteiger partial charge in [-0.25, -0.2) is 0 Å². The molecular weight excluding hydrogens is 384 g/mol. The molecule has 0 aromatic heterocycles. The molecular formula is C21H23F2NO5. The van der Waals surface area contributed by atoms with Crippen LogP contribution in [0, 0.1) is 0 Å². The van der Waals surface area contributed by atoms with Gasteiger partial charge in [-0.2, -0.15) is 8.78 Å². The Morgan fingerprint density at radius 1 is 1.00 bits per heavy atom. The van der Waals surface area contributed by atoms with Crippen LogP contribution in [0.4, 0.5) is 14.5 Å². The third kappa shape index (κ3) is 6.67. The zero-order chi connectivity index (χ0) is 21.2. The van der Waals surface area contributed by atoms with Gasteiger partial charge < -0.3 is 24.3 Å². The molecule has 0 spiro atoms. The molecule has 0 atom stereocenters. The van der Waals surface area contributed by atoms with Crippen molar-refractivity contribution in [2.75, 3.05) is 25.6 Å². The summed E-state index contributed by atoms with van der Waals surface area (Å²) in [7, 11) is 1.34. The Morgan fingerprint density at radius 3 is 2.34 bits per heavy atom. The van der Waals surface area contributed by atoms with Crippen molar-refractivity contribution < 1.29 is 32.5 Å². The first kappa shape index (κ1) is 22.0. The zero-order valence-electron chi connectivity index (χ0n) is 16.4. The summed E-state index contributed by atoms with van der Waals surface area (Å²) in [5.74, 6) is 0.822. The normalized spacial score (nSPS) is 10.8. The standard InChI is InChI=1S/C21H23F2NO5/c1-4-27-16-10-8-15(13-19(16)28-5-2)24-20(25)11-7-14-6-9-17(29-21(22)23)18(12-14)26-3/h6-13,21H,4-5H2,1-3H3,(H,24,25)/b11-7+. The second-order valence-corrected chi connectivity index (χ2v) is 5.64. The van der Waals surface area contributed by atoms with E-state index in [0.717, 1.165) is 0 Å². The number of halogens is 2. The van der Waals surface area contributed by atoms with Gasteiger partial charge in [-0.1, -0.05) is 6.07 Å². The van der Waals surface area contributed by atoms with Crippen LogP contribution in [0.5, 0.6) is 23.0 Å². The minimum Gasteiger partial charge on any atom is -0.493 e. The van der Waals surface area contributed by atoms with Gasteiger partial charge in [-0.3, -0.25) is 4.79 Å². The second kappa shape index (κ2) is 10.9. The van der Waals surface area contributed by atoms with Crippen molar-refractivity contribution in [1.29, 1.82) is 0 Å². The highest BCUT2D eigenvalue weighted by Crippen LogP contribution is 2.31. The third-order valence-electron chi connectivity index (χ3n) is 3.64. The molecule has 0 bridgehead atoms. The molecule has 1 N–H and O–H groups in total. The lowest BCUT2D eigenvalue weighted by atomic mass is 10.2. The minimum absolute atomic E-state index is 0.0815. The number of alkyl halides is 2. The number of hydrogen-bond donors (Lipinski definition) is 1. The molecule has 0 aliphatic rings. The van der Waals surface area contributed by atoms with E-state index in [1.807, 2.05) is 13.8 Å². The monoisotopic (exact) mass is 407 g/mol. The first-order valence-corrected chi connectivity index (χ1v) is 8.98. The average Bonchev–Trinajstić information content (AvgIpc) is 2.69. The Labute approximate surface area is 168 Å². The molecule has 2 rings (SSSR count). The largest absolute Gasteiger partial charge is 0.493 e. The van der Waals surface area contributed by atoms with Crippen molar-refractivity contribution in [1.82, 2.24) is 0 Å². The number of hydrogen-bond acceptors (Lipinski definition) is 5. The Bertz CT molecular complexity index is 855. The molecule has 6 nitrogen and oxygen atoms in total. The summed E-state index contributed by atoms with van der Waals surface area (Å²) in [5.41, 5.74) is 1.13. The quantitative estimate of drug-likeness (QED) is 0.576. The van der Waals surface area contributed by atoms with Crippen molar-refractivity contribution >= 4 is 17.7 Å². The average molecular weight is 407 g/mol. The molecule has 156 valence electrons. The van der Waals surface area contributed by atoms with Crippen LogP contribution in [0.2, 0.25) is 0 Å². The van der Waals surface area contributed by atoms with Gasteiger partial charge in [-0.05, 0) is 49.8 Å². The first-order chi connectivity index (χ1) is 14.0. The van der Waals surface area contributed by atoms with E-state index in [4.69, 9.17) is 14.2 Å². The van der Waals surface area contributed by atoms with Crippen LogP contribution >= 0.6 is 0 Å². The van der Waals surface area contributed by atoms with Crippen molar-refractivity contribution in [3.05, 3.63) is 48.0 Å². The van der Waals surface area contributed by atoms with E-state index < -0.39 is 6.61 Å². The predicted octanol–water partition coefficient (Wildman–Crippen LogP) is 4.75. The number of nitrogens with one attached hydrogen (secondary N) is 1. The number of carbonyl (C=O) groups is 1. The van der Waals surface area contributed by atoms with Crippen LogP contribution in [-0.4, -0.2) is 32.8 Å². The number of amides is 1. The summed E-state index contributed by atoms with van der Waals surface area (Å²) in [6, 6.07) is 9.49. The Balaban J connectivity index is 2.08. The van der Waals surface area contributed by atoms with E-state index in [0.29, 0.717) is 36.0 Å². The fourth-order valence-electron chi connectivity index (χ4n) is 2.47. The molecule has 1 amide bonds. The number of anilines is 1. The second-order valence-electron chi connectivity index (χ2n) is 5.64. The summed E-state index contributed by atoms with van der Waals surface area (Å²) < 4.78 is 45.2. The van der Waals surface area contributed by atoms with Gasteiger partial charge in [0.1, 0.15) is 0 Å². The minimum atomic E-state index is -2.95. The Morgan fingerprint density at radius 2 is 1.69 bits per heavy atom. The summed E-state index contributed by atoms with van der Waals surface area (Å²) in [4.78, 5) is 12.2. The summed E-state index contributed by atoms with van der Waals surface area (Å²) in [6.07, 6.45) is 2.85. The van der Waals surface area contributed by atoms with E-state index in [2.05, 4.69) is 10.1 Å². The van der Waals surface area contributed by atoms with E-state index in [-0.39, 0.29) is 17.4 Å². The first-order valence-electron chi connectivity index (χ1n) is 8.98. The van der Waals surface area contributed by atoms with Crippen LogP contribution in [0.3, 0.4) is 0 Å². The van der Waals surface area contributed by atoms with E-state index in [1.165, 1.54) is 37.5 Å². The smallest absolute Gasteiger partial charge is 0.387 e. The molecule has 0 saturated carbocycles. The fraction of sp³-hybridized carbons (Fsp3) is 0.286. The molecule has 0 unspecified atom stereocenters. The van der Waals surface area contributed by atoms with E-state index in [1.54, 1.807) is 18.2 Å². The van der Waals surface area contributed by atoms with Crippen LogP contribution in [-0.2, 0) is 4.79 Å². The number of ether oxygens (including phenoxy) is 4. The molecule has 0 heterocycles. The molecule has 8 heteroatoms. The number of methoxy groups -OCH3 is 1.